The van der Waals surface area contributed by atoms with Gasteiger partial charge in [0.25, 0.3) is 0 Å². The lowest BCUT2D eigenvalue weighted by Gasteiger charge is -2.21. The van der Waals surface area contributed by atoms with E-state index in [9.17, 15) is 16.8 Å². The van der Waals surface area contributed by atoms with Gasteiger partial charge in [0, 0.05) is 18.8 Å². The standard InChI is InChI=1S/C14H22N2O4S2/c1-21(17,18)14-9-4-3-7-13(14)15-10-11-6-5-8-12(11)16-22(2,19)20/h3-4,7,9,11-12,15-16H,5-6,8,10H2,1-2H3. The summed E-state index contributed by atoms with van der Waals surface area (Å²) in [5, 5.41) is 3.16. The van der Waals surface area contributed by atoms with Crippen LogP contribution in [0.15, 0.2) is 29.2 Å². The first kappa shape index (κ1) is 17.2. The molecule has 2 atom stereocenters. The van der Waals surface area contributed by atoms with Crippen LogP contribution in [0.4, 0.5) is 5.69 Å². The van der Waals surface area contributed by atoms with Crippen molar-refractivity contribution in [2.75, 3.05) is 24.4 Å². The number of sulfone groups is 1. The van der Waals surface area contributed by atoms with E-state index in [0.29, 0.717) is 12.2 Å². The van der Waals surface area contributed by atoms with E-state index in [-0.39, 0.29) is 16.9 Å². The maximum absolute atomic E-state index is 11.8. The second-order valence-corrected chi connectivity index (χ2v) is 9.60. The van der Waals surface area contributed by atoms with Crippen molar-refractivity contribution < 1.29 is 16.8 Å². The number of rotatable bonds is 6. The van der Waals surface area contributed by atoms with E-state index in [1.54, 1.807) is 24.3 Å². The van der Waals surface area contributed by atoms with E-state index < -0.39 is 19.9 Å². The van der Waals surface area contributed by atoms with Gasteiger partial charge in [-0.15, -0.1) is 0 Å². The SMILES string of the molecule is CS(=O)(=O)NC1CCCC1CNc1ccccc1S(C)(=O)=O. The van der Waals surface area contributed by atoms with Gasteiger partial charge in [0.05, 0.1) is 16.8 Å². The summed E-state index contributed by atoms with van der Waals surface area (Å²) in [7, 11) is -6.52. The summed E-state index contributed by atoms with van der Waals surface area (Å²) in [6.45, 7) is 0.541. The zero-order chi connectivity index (χ0) is 16.4. The molecule has 0 spiro atoms. The molecule has 0 aliphatic heterocycles. The Balaban J connectivity index is 2.07. The Morgan fingerprint density at radius 3 is 2.41 bits per heavy atom. The van der Waals surface area contributed by atoms with Gasteiger partial charge in [0.2, 0.25) is 10.0 Å². The Morgan fingerprint density at radius 2 is 1.77 bits per heavy atom. The van der Waals surface area contributed by atoms with Gasteiger partial charge in [0.1, 0.15) is 0 Å². The molecule has 0 aromatic heterocycles. The van der Waals surface area contributed by atoms with Crippen LogP contribution in [0.3, 0.4) is 0 Å². The van der Waals surface area contributed by atoms with Gasteiger partial charge in [-0.3, -0.25) is 0 Å². The molecule has 6 nitrogen and oxygen atoms in total. The van der Waals surface area contributed by atoms with Crippen LogP contribution < -0.4 is 10.0 Å². The molecular formula is C14H22N2O4S2. The average Bonchev–Trinajstić information content (AvgIpc) is 2.80. The number of para-hydroxylation sites is 1. The summed E-state index contributed by atoms with van der Waals surface area (Å²) in [5.41, 5.74) is 0.565. The summed E-state index contributed by atoms with van der Waals surface area (Å²) in [6.07, 6.45) is 5.04. The highest BCUT2D eigenvalue weighted by Crippen LogP contribution is 2.28. The Hall–Kier alpha value is -1.12. The van der Waals surface area contributed by atoms with Crippen LogP contribution in [-0.2, 0) is 19.9 Å². The molecule has 1 fully saturated rings. The van der Waals surface area contributed by atoms with Crippen molar-refractivity contribution in [3.05, 3.63) is 24.3 Å². The smallest absolute Gasteiger partial charge is 0.208 e. The molecule has 124 valence electrons. The summed E-state index contributed by atoms with van der Waals surface area (Å²) in [6, 6.07) is 6.67. The van der Waals surface area contributed by atoms with Gasteiger partial charge in [-0.05, 0) is 30.9 Å². The highest BCUT2D eigenvalue weighted by molar-refractivity contribution is 7.90. The molecule has 0 amide bonds. The van der Waals surface area contributed by atoms with Crippen molar-refractivity contribution in [2.45, 2.75) is 30.2 Å². The fourth-order valence-corrected chi connectivity index (χ4v) is 4.61. The van der Waals surface area contributed by atoms with E-state index in [1.165, 1.54) is 6.26 Å². The van der Waals surface area contributed by atoms with Crippen molar-refractivity contribution in [3.63, 3.8) is 0 Å². The van der Waals surface area contributed by atoms with Crippen LogP contribution in [0.2, 0.25) is 0 Å². The normalized spacial score (nSPS) is 22.6. The molecule has 0 saturated heterocycles. The number of hydrogen-bond acceptors (Lipinski definition) is 5. The van der Waals surface area contributed by atoms with E-state index in [0.717, 1.165) is 25.5 Å². The van der Waals surface area contributed by atoms with E-state index in [2.05, 4.69) is 10.0 Å². The van der Waals surface area contributed by atoms with E-state index in [1.807, 2.05) is 0 Å². The Bertz CT molecular complexity index is 729. The summed E-state index contributed by atoms with van der Waals surface area (Å²) >= 11 is 0. The van der Waals surface area contributed by atoms with Crippen LogP contribution in [0.25, 0.3) is 0 Å². The predicted octanol–water partition coefficient (Wildman–Crippen LogP) is 1.22. The second kappa shape index (κ2) is 6.55. The van der Waals surface area contributed by atoms with E-state index in [4.69, 9.17) is 0 Å². The van der Waals surface area contributed by atoms with Crippen molar-refractivity contribution >= 4 is 25.5 Å². The van der Waals surface area contributed by atoms with Gasteiger partial charge in [-0.1, -0.05) is 18.6 Å². The molecule has 2 N–H and O–H groups in total. The molecule has 1 saturated carbocycles. The van der Waals surface area contributed by atoms with Crippen LogP contribution in [0, 0.1) is 5.92 Å². The number of sulfonamides is 1. The van der Waals surface area contributed by atoms with E-state index >= 15 is 0 Å². The molecule has 22 heavy (non-hydrogen) atoms. The van der Waals surface area contributed by atoms with Gasteiger partial charge in [0.15, 0.2) is 9.84 Å². The average molecular weight is 346 g/mol. The number of benzene rings is 1. The Kier molecular flexibility index (Phi) is 5.14. The zero-order valence-electron chi connectivity index (χ0n) is 12.7. The highest BCUT2D eigenvalue weighted by Gasteiger charge is 2.29. The Labute approximate surface area is 132 Å². The van der Waals surface area contributed by atoms with Crippen molar-refractivity contribution in [3.8, 4) is 0 Å². The lowest BCUT2D eigenvalue weighted by atomic mass is 10.0. The molecule has 1 aromatic rings. The third-order valence-electron chi connectivity index (χ3n) is 3.87. The second-order valence-electron chi connectivity index (χ2n) is 5.84. The molecule has 1 aliphatic rings. The minimum atomic E-state index is -3.30. The molecule has 0 bridgehead atoms. The minimum absolute atomic E-state index is 0.0899. The fourth-order valence-electron chi connectivity index (χ4n) is 2.89. The molecular weight excluding hydrogens is 324 g/mol. The molecule has 0 radical (unpaired) electrons. The molecule has 1 aliphatic carbocycles. The number of anilines is 1. The summed E-state index contributed by atoms with van der Waals surface area (Å²) < 4.78 is 49.0. The predicted molar refractivity (Wildman–Crippen MR) is 87.2 cm³/mol. The van der Waals surface area contributed by atoms with Crippen LogP contribution in [0.1, 0.15) is 19.3 Å². The minimum Gasteiger partial charge on any atom is -0.384 e. The number of nitrogens with one attached hydrogen (secondary N) is 2. The largest absolute Gasteiger partial charge is 0.384 e. The van der Waals surface area contributed by atoms with Gasteiger partial charge in [-0.25, -0.2) is 21.6 Å². The molecule has 0 heterocycles. The third kappa shape index (κ3) is 4.69. The monoisotopic (exact) mass is 346 g/mol. The maximum atomic E-state index is 11.8. The fraction of sp³-hybridized carbons (Fsp3) is 0.571. The van der Waals surface area contributed by atoms with Gasteiger partial charge < -0.3 is 5.32 Å². The highest BCUT2D eigenvalue weighted by atomic mass is 32.2. The van der Waals surface area contributed by atoms with Crippen molar-refractivity contribution in [1.29, 1.82) is 0 Å². The summed E-state index contributed by atoms with van der Waals surface area (Å²) in [5.74, 6) is 0.155. The molecule has 1 aromatic carbocycles. The van der Waals surface area contributed by atoms with Gasteiger partial charge in [-0.2, -0.15) is 0 Å². The molecule has 2 rings (SSSR count). The van der Waals surface area contributed by atoms with Crippen molar-refractivity contribution in [1.82, 2.24) is 4.72 Å². The molecule has 8 heteroatoms. The maximum Gasteiger partial charge on any atom is 0.208 e. The quantitative estimate of drug-likeness (QED) is 0.808. The van der Waals surface area contributed by atoms with Crippen LogP contribution in [-0.4, -0.2) is 41.9 Å². The molecule has 2 unspecified atom stereocenters. The van der Waals surface area contributed by atoms with Crippen LogP contribution in [0.5, 0.6) is 0 Å². The first-order valence-electron chi connectivity index (χ1n) is 7.17. The first-order valence-corrected chi connectivity index (χ1v) is 11.0. The topological polar surface area (TPSA) is 92.3 Å². The van der Waals surface area contributed by atoms with Crippen LogP contribution >= 0.6 is 0 Å². The first-order chi connectivity index (χ1) is 10.2. The van der Waals surface area contributed by atoms with Crippen molar-refractivity contribution in [2.24, 2.45) is 5.92 Å². The lowest BCUT2D eigenvalue weighted by Crippen LogP contribution is -2.39. The van der Waals surface area contributed by atoms with Gasteiger partial charge >= 0.3 is 0 Å². The third-order valence-corrected chi connectivity index (χ3v) is 5.75. The lowest BCUT2D eigenvalue weighted by molar-refractivity contribution is 0.463. The number of hydrogen-bond donors (Lipinski definition) is 2. The summed E-state index contributed by atoms with van der Waals surface area (Å²) in [4.78, 5) is 0.264. The zero-order valence-corrected chi connectivity index (χ0v) is 14.4. The Morgan fingerprint density at radius 1 is 1.09 bits per heavy atom.